The van der Waals surface area contributed by atoms with E-state index in [0.29, 0.717) is 18.2 Å². The minimum Gasteiger partial charge on any atom is -0.496 e. The average Bonchev–Trinajstić information content (AvgIpc) is 3.09. The summed E-state index contributed by atoms with van der Waals surface area (Å²) in [5.41, 5.74) is 2.13. The number of hydrogen-bond donors (Lipinski definition) is 0. The summed E-state index contributed by atoms with van der Waals surface area (Å²) in [5.74, 6) is 2.67. The van der Waals surface area contributed by atoms with E-state index in [-0.39, 0.29) is 5.91 Å². The summed E-state index contributed by atoms with van der Waals surface area (Å²) in [4.78, 5) is 19.9. The Morgan fingerprint density at radius 3 is 2.68 bits per heavy atom. The van der Waals surface area contributed by atoms with Crippen molar-refractivity contribution in [2.45, 2.75) is 33.2 Å². The molecule has 0 spiro atoms. The molecule has 1 saturated heterocycles. The largest absolute Gasteiger partial charge is 0.496 e. The molecule has 0 saturated carbocycles. The fourth-order valence-electron chi connectivity index (χ4n) is 4.42. The zero-order chi connectivity index (χ0) is 22.4. The van der Waals surface area contributed by atoms with Gasteiger partial charge in [0.2, 0.25) is 0 Å². The van der Waals surface area contributed by atoms with Gasteiger partial charge in [0, 0.05) is 43.9 Å². The van der Waals surface area contributed by atoms with Gasteiger partial charge in [-0.05, 0) is 65.4 Å². The van der Waals surface area contributed by atoms with Crippen molar-refractivity contribution in [1.29, 1.82) is 0 Å². The second-order valence-electron chi connectivity index (χ2n) is 8.98. The number of carbonyl (C=O) groups excluding carboxylic acids is 1. The van der Waals surface area contributed by atoms with E-state index in [1.807, 2.05) is 51.0 Å². The molecule has 31 heavy (non-hydrogen) atoms. The van der Waals surface area contributed by atoms with Crippen molar-refractivity contribution in [3.63, 3.8) is 0 Å². The van der Waals surface area contributed by atoms with Crippen molar-refractivity contribution < 1.29 is 13.9 Å². The van der Waals surface area contributed by atoms with E-state index in [0.717, 1.165) is 62.6 Å². The molecule has 0 aliphatic carbocycles. The van der Waals surface area contributed by atoms with Crippen LogP contribution in [0, 0.1) is 19.8 Å². The number of ether oxygens (including phenoxy) is 1. The molecule has 6 nitrogen and oxygen atoms in total. The van der Waals surface area contributed by atoms with E-state index < -0.39 is 0 Å². The highest BCUT2D eigenvalue weighted by molar-refractivity contribution is 5.93. The van der Waals surface area contributed by atoms with Crippen molar-refractivity contribution in [1.82, 2.24) is 14.7 Å². The highest BCUT2D eigenvalue weighted by Crippen LogP contribution is 2.25. The van der Waals surface area contributed by atoms with Crippen LogP contribution < -0.4 is 4.74 Å². The predicted octanol–water partition coefficient (Wildman–Crippen LogP) is 3.82. The zero-order valence-corrected chi connectivity index (χ0v) is 19.7. The summed E-state index contributed by atoms with van der Waals surface area (Å²) in [6, 6.07) is 10.2. The second-order valence-corrected chi connectivity index (χ2v) is 8.98. The standard InChI is InChI=1S/C25H37N3O3/c1-19-15-20(2)31-24(19)25(29)28(14-13-26(3)4)17-21-9-8-12-27(16-21)18-22-10-6-7-11-23(22)30-5/h6-7,10-11,15,21H,8-9,12-14,16-18H2,1-5H3/t21-/m1/s1. The molecule has 1 atom stereocenters. The number of para-hydroxylation sites is 1. The summed E-state index contributed by atoms with van der Waals surface area (Å²) in [7, 11) is 5.81. The first kappa shape index (κ1) is 23.4. The maximum atomic E-state index is 13.3. The van der Waals surface area contributed by atoms with Crippen LogP contribution in [-0.4, -0.2) is 74.5 Å². The van der Waals surface area contributed by atoms with E-state index >= 15 is 0 Å². The number of aryl methyl sites for hydroxylation is 2. The minimum atomic E-state index is 0.00861. The number of methoxy groups -OCH3 is 1. The lowest BCUT2D eigenvalue weighted by atomic mass is 9.96. The number of benzene rings is 1. The average molecular weight is 428 g/mol. The van der Waals surface area contributed by atoms with E-state index in [9.17, 15) is 4.79 Å². The van der Waals surface area contributed by atoms with Crippen LogP contribution in [0.3, 0.4) is 0 Å². The monoisotopic (exact) mass is 427 g/mol. The molecule has 0 bridgehead atoms. The molecule has 0 N–H and O–H groups in total. The van der Waals surface area contributed by atoms with Gasteiger partial charge in [0.25, 0.3) is 5.91 Å². The topological polar surface area (TPSA) is 49.2 Å². The fourth-order valence-corrected chi connectivity index (χ4v) is 4.42. The van der Waals surface area contributed by atoms with Gasteiger partial charge in [-0.2, -0.15) is 0 Å². The van der Waals surface area contributed by atoms with Crippen LogP contribution in [0.1, 0.15) is 40.3 Å². The highest BCUT2D eigenvalue weighted by Gasteiger charge is 2.27. The van der Waals surface area contributed by atoms with Crippen LogP contribution >= 0.6 is 0 Å². The Hall–Kier alpha value is -2.31. The molecule has 1 aromatic carbocycles. The third-order valence-corrected chi connectivity index (χ3v) is 6.01. The predicted molar refractivity (Wildman–Crippen MR) is 124 cm³/mol. The van der Waals surface area contributed by atoms with Crippen LogP contribution in [0.4, 0.5) is 0 Å². The Labute approximate surface area is 186 Å². The first-order valence-electron chi connectivity index (χ1n) is 11.2. The van der Waals surface area contributed by atoms with E-state index in [1.54, 1.807) is 7.11 Å². The van der Waals surface area contributed by atoms with Crippen LogP contribution in [0.25, 0.3) is 0 Å². The molecule has 1 fully saturated rings. The summed E-state index contributed by atoms with van der Waals surface area (Å²) in [6.07, 6.45) is 2.29. The normalized spacial score (nSPS) is 17.2. The second kappa shape index (κ2) is 10.8. The molecule has 2 aromatic rings. The van der Waals surface area contributed by atoms with Crippen molar-refractivity contribution in [3.8, 4) is 5.75 Å². The van der Waals surface area contributed by atoms with Gasteiger partial charge in [0.15, 0.2) is 5.76 Å². The number of likely N-dealkylation sites (tertiary alicyclic amines) is 1. The van der Waals surface area contributed by atoms with Crippen LogP contribution in [-0.2, 0) is 6.54 Å². The first-order valence-corrected chi connectivity index (χ1v) is 11.2. The van der Waals surface area contributed by atoms with Crippen LogP contribution in [0.2, 0.25) is 0 Å². The molecule has 0 radical (unpaired) electrons. The molecule has 1 aliphatic rings. The van der Waals surface area contributed by atoms with Gasteiger partial charge in [-0.25, -0.2) is 0 Å². The van der Waals surface area contributed by atoms with Gasteiger partial charge in [-0.1, -0.05) is 18.2 Å². The van der Waals surface area contributed by atoms with Crippen LogP contribution in [0.5, 0.6) is 5.75 Å². The number of carbonyl (C=O) groups is 1. The zero-order valence-electron chi connectivity index (χ0n) is 19.7. The maximum absolute atomic E-state index is 13.3. The first-order chi connectivity index (χ1) is 14.9. The summed E-state index contributed by atoms with van der Waals surface area (Å²) in [6.45, 7) is 9.08. The van der Waals surface area contributed by atoms with Crippen molar-refractivity contribution >= 4 is 5.91 Å². The van der Waals surface area contributed by atoms with E-state index in [4.69, 9.17) is 9.15 Å². The third kappa shape index (κ3) is 6.34. The van der Waals surface area contributed by atoms with Gasteiger partial charge >= 0.3 is 0 Å². The van der Waals surface area contributed by atoms with Crippen molar-refractivity contribution in [3.05, 3.63) is 53.0 Å². The molecule has 1 aliphatic heterocycles. The Morgan fingerprint density at radius 2 is 2.00 bits per heavy atom. The number of piperidine rings is 1. The number of nitrogens with zero attached hydrogens (tertiary/aromatic N) is 3. The van der Waals surface area contributed by atoms with Gasteiger partial charge < -0.3 is 19.0 Å². The van der Waals surface area contributed by atoms with Gasteiger partial charge in [-0.3, -0.25) is 9.69 Å². The lowest BCUT2D eigenvalue weighted by Gasteiger charge is -2.36. The van der Waals surface area contributed by atoms with Crippen molar-refractivity contribution in [2.75, 3.05) is 53.9 Å². The highest BCUT2D eigenvalue weighted by atomic mass is 16.5. The number of amides is 1. The number of hydrogen-bond acceptors (Lipinski definition) is 5. The number of rotatable bonds is 9. The quantitative estimate of drug-likeness (QED) is 0.609. The summed E-state index contributed by atoms with van der Waals surface area (Å²) in [5, 5.41) is 0. The van der Waals surface area contributed by atoms with Gasteiger partial charge in [-0.15, -0.1) is 0 Å². The molecular weight excluding hydrogens is 390 g/mol. The molecule has 3 rings (SSSR count). The molecular formula is C25H37N3O3. The summed E-state index contributed by atoms with van der Waals surface area (Å²) < 4.78 is 11.3. The Morgan fingerprint density at radius 1 is 1.23 bits per heavy atom. The molecule has 170 valence electrons. The van der Waals surface area contributed by atoms with E-state index in [2.05, 4.69) is 21.9 Å². The Bertz CT molecular complexity index is 861. The SMILES string of the molecule is COc1ccccc1CN1CCC[C@@H](CN(CCN(C)C)C(=O)c2oc(C)cc2C)C1. The molecule has 2 heterocycles. The molecule has 1 amide bonds. The molecule has 1 aromatic heterocycles. The van der Waals surface area contributed by atoms with E-state index in [1.165, 1.54) is 5.56 Å². The van der Waals surface area contributed by atoms with Gasteiger partial charge in [0.1, 0.15) is 11.5 Å². The minimum absolute atomic E-state index is 0.00861. The van der Waals surface area contributed by atoms with Gasteiger partial charge in [0.05, 0.1) is 7.11 Å². The van der Waals surface area contributed by atoms with Crippen LogP contribution in [0.15, 0.2) is 34.7 Å². The fraction of sp³-hybridized carbons (Fsp3) is 0.560. The number of likely N-dealkylation sites (N-methyl/N-ethyl adjacent to an activating group) is 1. The Balaban J connectivity index is 1.68. The Kier molecular flexibility index (Phi) is 8.15. The smallest absolute Gasteiger partial charge is 0.289 e. The third-order valence-electron chi connectivity index (χ3n) is 6.01. The molecule has 0 unspecified atom stereocenters. The lowest BCUT2D eigenvalue weighted by Crippen LogP contribution is -2.44. The number of furan rings is 1. The lowest BCUT2D eigenvalue weighted by molar-refractivity contribution is 0.0628. The maximum Gasteiger partial charge on any atom is 0.289 e. The molecule has 6 heteroatoms. The van der Waals surface area contributed by atoms with Crippen molar-refractivity contribution in [2.24, 2.45) is 5.92 Å². The summed E-state index contributed by atoms with van der Waals surface area (Å²) >= 11 is 0.